The van der Waals surface area contributed by atoms with Crippen molar-refractivity contribution in [2.45, 2.75) is 19.9 Å². The molecule has 0 spiro atoms. The number of fused-ring (bicyclic) bond motifs is 1. The maximum absolute atomic E-state index is 12.5. The fourth-order valence-corrected chi connectivity index (χ4v) is 3.54. The molecule has 0 bridgehead atoms. The third-order valence-electron chi connectivity index (χ3n) is 4.88. The van der Waals surface area contributed by atoms with Crippen molar-refractivity contribution in [2.75, 3.05) is 13.1 Å². The zero-order chi connectivity index (χ0) is 20.5. The lowest BCUT2D eigenvalue weighted by Gasteiger charge is -2.19. The highest BCUT2D eigenvalue weighted by molar-refractivity contribution is 6.22. The van der Waals surface area contributed by atoms with Crippen molar-refractivity contribution in [1.82, 2.24) is 20.0 Å². The van der Waals surface area contributed by atoms with E-state index in [1.54, 1.807) is 41.3 Å². The van der Waals surface area contributed by atoms with Gasteiger partial charge in [0.15, 0.2) is 0 Å². The molecule has 1 aliphatic rings. The van der Waals surface area contributed by atoms with Gasteiger partial charge in [0.1, 0.15) is 18.3 Å². The highest BCUT2D eigenvalue weighted by Crippen LogP contribution is 2.23. The van der Waals surface area contributed by atoms with Crippen LogP contribution >= 0.6 is 0 Å². The van der Waals surface area contributed by atoms with Gasteiger partial charge in [0, 0.05) is 12.2 Å². The van der Waals surface area contributed by atoms with Gasteiger partial charge in [-0.25, -0.2) is 0 Å². The molecule has 3 amide bonds. The van der Waals surface area contributed by atoms with E-state index in [4.69, 9.17) is 4.42 Å². The highest BCUT2D eigenvalue weighted by atomic mass is 16.3. The third-order valence-corrected chi connectivity index (χ3v) is 4.88. The van der Waals surface area contributed by atoms with Crippen molar-refractivity contribution in [3.8, 4) is 0 Å². The van der Waals surface area contributed by atoms with Crippen molar-refractivity contribution in [3.63, 3.8) is 0 Å². The number of furan rings is 1. The lowest BCUT2D eigenvalue weighted by molar-refractivity contribution is -0.121. The van der Waals surface area contributed by atoms with Crippen LogP contribution < -0.4 is 5.32 Å². The molecule has 3 heterocycles. The number of aromatic nitrogens is 2. The molecule has 0 fully saturated rings. The topological polar surface area (TPSA) is 97.4 Å². The fourth-order valence-electron chi connectivity index (χ4n) is 3.54. The minimum Gasteiger partial charge on any atom is -0.467 e. The number of imide groups is 1. The van der Waals surface area contributed by atoms with Crippen LogP contribution in [0.15, 0.2) is 53.1 Å². The Hall–Kier alpha value is -3.68. The van der Waals surface area contributed by atoms with Gasteiger partial charge in [-0.2, -0.15) is 5.10 Å². The summed E-state index contributed by atoms with van der Waals surface area (Å²) in [6.07, 6.45) is 1.56. The van der Waals surface area contributed by atoms with Crippen molar-refractivity contribution in [1.29, 1.82) is 0 Å². The van der Waals surface area contributed by atoms with E-state index in [-0.39, 0.29) is 19.1 Å². The van der Waals surface area contributed by atoms with E-state index in [9.17, 15) is 14.4 Å². The number of nitrogens with one attached hydrogen (secondary N) is 1. The van der Waals surface area contributed by atoms with Gasteiger partial charge in [0.05, 0.1) is 23.1 Å². The lowest BCUT2D eigenvalue weighted by atomic mass is 10.1. The number of carbonyl (C=O) groups excluding carboxylic acids is 3. The average Bonchev–Trinajstić information content (AvgIpc) is 3.40. The minimum absolute atomic E-state index is 0.206. The summed E-state index contributed by atoms with van der Waals surface area (Å²) in [6, 6.07) is 11.7. The molecule has 8 nitrogen and oxygen atoms in total. The standard InChI is InChI=1S/C21H20N4O4/c1-13-10-14(2)25(23-13)17(18-8-5-9-29-18)11-22-19(26)12-24-20(27)15-6-3-4-7-16(15)21(24)28/h3-10,17H,11-12H2,1-2H3,(H,22,26). The molecule has 1 aromatic carbocycles. The molecule has 8 heteroatoms. The molecule has 3 aromatic rings. The average molecular weight is 392 g/mol. The van der Waals surface area contributed by atoms with Gasteiger partial charge in [-0.3, -0.25) is 24.0 Å². The van der Waals surface area contributed by atoms with Gasteiger partial charge < -0.3 is 9.73 Å². The van der Waals surface area contributed by atoms with Crippen molar-refractivity contribution < 1.29 is 18.8 Å². The summed E-state index contributed by atoms with van der Waals surface area (Å²) in [7, 11) is 0. The first kappa shape index (κ1) is 18.7. The van der Waals surface area contributed by atoms with Gasteiger partial charge in [0.2, 0.25) is 5.91 Å². The van der Waals surface area contributed by atoms with Crippen LogP contribution in [0.4, 0.5) is 0 Å². The number of hydrogen-bond acceptors (Lipinski definition) is 5. The maximum Gasteiger partial charge on any atom is 0.262 e. The van der Waals surface area contributed by atoms with E-state index >= 15 is 0 Å². The Morgan fingerprint density at radius 1 is 1.10 bits per heavy atom. The van der Waals surface area contributed by atoms with Crippen LogP contribution in [-0.4, -0.2) is 45.5 Å². The first-order chi connectivity index (χ1) is 14.0. The molecule has 1 aliphatic heterocycles. The predicted octanol–water partition coefficient (Wildman–Crippen LogP) is 2.09. The summed E-state index contributed by atoms with van der Waals surface area (Å²) in [6.45, 7) is 3.69. The van der Waals surface area contributed by atoms with Crippen molar-refractivity contribution in [3.05, 3.63) is 77.0 Å². The molecule has 0 saturated heterocycles. The second kappa shape index (κ2) is 7.38. The smallest absolute Gasteiger partial charge is 0.262 e. The number of aryl methyl sites for hydroxylation is 2. The van der Waals surface area contributed by atoms with Crippen LogP contribution in [-0.2, 0) is 4.79 Å². The second-order valence-corrected chi connectivity index (χ2v) is 6.95. The first-order valence-electron chi connectivity index (χ1n) is 9.24. The maximum atomic E-state index is 12.5. The summed E-state index contributed by atoms with van der Waals surface area (Å²) >= 11 is 0. The van der Waals surface area contributed by atoms with Crippen LogP contribution in [0.25, 0.3) is 0 Å². The van der Waals surface area contributed by atoms with Gasteiger partial charge in [0.25, 0.3) is 11.8 Å². The zero-order valence-electron chi connectivity index (χ0n) is 16.1. The number of carbonyl (C=O) groups is 3. The summed E-state index contributed by atoms with van der Waals surface area (Å²) in [5.74, 6) is -0.696. The molecular weight excluding hydrogens is 372 g/mol. The van der Waals surface area contributed by atoms with E-state index in [1.807, 2.05) is 26.0 Å². The van der Waals surface area contributed by atoms with Gasteiger partial charge >= 0.3 is 0 Å². The Kier molecular flexibility index (Phi) is 4.75. The molecule has 1 unspecified atom stereocenters. The van der Waals surface area contributed by atoms with Crippen LogP contribution in [0.1, 0.15) is 43.9 Å². The Morgan fingerprint density at radius 3 is 2.34 bits per heavy atom. The fraction of sp³-hybridized carbons (Fsp3) is 0.238. The van der Waals surface area contributed by atoms with Crippen molar-refractivity contribution in [2.24, 2.45) is 0 Å². The lowest BCUT2D eigenvalue weighted by Crippen LogP contribution is -2.42. The normalized spacial score (nSPS) is 14.2. The molecule has 148 valence electrons. The Morgan fingerprint density at radius 2 is 1.79 bits per heavy atom. The third kappa shape index (κ3) is 3.44. The Bertz CT molecular complexity index is 1050. The van der Waals surface area contributed by atoms with Gasteiger partial charge in [-0.15, -0.1) is 0 Å². The number of hydrogen-bond donors (Lipinski definition) is 1. The van der Waals surface area contributed by atoms with Crippen LogP contribution in [0.5, 0.6) is 0 Å². The van der Waals surface area contributed by atoms with Crippen LogP contribution in [0, 0.1) is 13.8 Å². The number of rotatable bonds is 6. The second-order valence-electron chi connectivity index (χ2n) is 6.95. The predicted molar refractivity (Wildman–Crippen MR) is 103 cm³/mol. The molecule has 29 heavy (non-hydrogen) atoms. The summed E-state index contributed by atoms with van der Waals surface area (Å²) < 4.78 is 7.31. The number of amides is 3. The van der Waals surface area contributed by atoms with E-state index in [2.05, 4.69) is 10.4 Å². The van der Waals surface area contributed by atoms with Crippen LogP contribution in [0.2, 0.25) is 0 Å². The van der Waals surface area contributed by atoms with E-state index < -0.39 is 17.7 Å². The highest BCUT2D eigenvalue weighted by Gasteiger charge is 2.36. The monoisotopic (exact) mass is 392 g/mol. The quantitative estimate of drug-likeness (QED) is 0.648. The molecule has 1 atom stereocenters. The van der Waals surface area contributed by atoms with Gasteiger partial charge in [-0.1, -0.05) is 12.1 Å². The van der Waals surface area contributed by atoms with Crippen LogP contribution in [0.3, 0.4) is 0 Å². The largest absolute Gasteiger partial charge is 0.467 e. The van der Waals surface area contributed by atoms with E-state index in [0.29, 0.717) is 16.9 Å². The molecule has 2 aromatic heterocycles. The zero-order valence-corrected chi connectivity index (χ0v) is 16.1. The number of nitrogens with zero attached hydrogens (tertiary/aromatic N) is 3. The Labute approximate surface area is 167 Å². The summed E-state index contributed by atoms with van der Waals surface area (Å²) in [4.78, 5) is 38.3. The molecular formula is C21H20N4O4. The van der Waals surface area contributed by atoms with E-state index in [1.165, 1.54) is 0 Å². The van der Waals surface area contributed by atoms with E-state index in [0.717, 1.165) is 16.3 Å². The first-order valence-corrected chi connectivity index (χ1v) is 9.24. The van der Waals surface area contributed by atoms with Gasteiger partial charge in [-0.05, 0) is 44.2 Å². The minimum atomic E-state index is -0.457. The molecule has 0 saturated carbocycles. The van der Waals surface area contributed by atoms with Crippen molar-refractivity contribution >= 4 is 17.7 Å². The molecule has 1 N–H and O–H groups in total. The summed E-state index contributed by atoms with van der Waals surface area (Å²) in [5, 5.41) is 7.28. The molecule has 4 rings (SSSR count). The summed E-state index contributed by atoms with van der Waals surface area (Å²) in [5.41, 5.74) is 2.43. The molecule has 0 radical (unpaired) electrons. The Balaban J connectivity index is 1.46. The number of benzene rings is 1. The molecule has 0 aliphatic carbocycles. The SMILES string of the molecule is Cc1cc(C)n(C(CNC(=O)CN2C(=O)c3ccccc3C2=O)c2ccco2)n1.